The van der Waals surface area contributed by atoms with Gasteiger partial charge in [0.2, 0.25) is 0 Å². The molecule has 1 heterocycles. The summed E-state index contributed by atoms with van der Waals surface area (Å²) in [6.07, 6.45) is 1.84. The fraction of sp³-hybridized carbons (Fsp3) is 0. The lowest BCUT2D eigenvalue weighted by Gasteiger charge is -2.05. The Morgan fingerprint density at radius 3 is 2.53 bits per heavy atom. The van der Waals surface area contributed by atoms with Gasteiger partial charge in [-0.2, -0.15) is 0 Å². The van der Waals surface area contributed by atoms with E-state index >= 15 is 0 Å². The fourth-order valence-corrected chi connectivity index (χ4v) is 1.82. The van der Waals surface area contributed by atoms with E-state index in [1.165, 1.54) is 18.5 Å². The molecule has 2 rings (SSSR count). The molecular weight excluding hydrogens is 269 g/mol. The molecule has 0 aliphatic rings. The topological polar surface area (TPSA) is 115 Å². The molecule has 0 fully saturated rings. The van der Waals surface area contributed by atoms with Crippen LogP contribution in [-0.4, -0.2) is 21.1 Å². The molecule has 0 saturated carbocycles. The van der Waals surface area contributed by atoms with Gasteiger partial charge in [-0.15, -0.1) is 4.89 Å². The van der Waals surface area contributed by atoms with Crippen molar-refractivity contribution in [3.63, 3.8) is 0 Å². The number of anilines is 1. The number of benzene rings is 1. The third kappa shape index (κ3) is 2.90. The Kier molecular flexibility index (Phi) is 3.79. The van der Waals surface area contributed by atoms with Crippen LogP contribution in [0.2, 0.25) is 0 Å². The predicted molar refractivity (Wildman–Crippen MR) is 67.7 cm³/mol. The van der Waals surface area contributed by atoms with Crippen LogP contribution in [0.25, 0.3) is 11.3 Å². The number of aldehydes is 1. The molecule has 0 spiro atoms. The minimum absolute atomic E-state index is 0.0961. The van der Waals surface area contributed by atoms with E-state index in [0.29, 0.717) is 17.5 Å². The van der Waals surface area contributed by atoms with Crippen LogP contribution in [0.5, 0.6) is 5.75 Å². The minimum atomic E-state index is -2.71. The van der Waals surface area contributed by atoms with E-state index in [0.717, 1.165) is 0 Å². The largest absolute Gasteiger partial charge is 0.747 e. The number of aromatic nitrogens is 2. The summed E-state index contributed by atoms with van der Waals surface area (Å²) in [4.78, 5) is 27.3. The smallest absolute Gasteiger partial charge is 0.383 e. The molecule has 0 aliphatic heterocycles. The standard InChI is InChI=1S/C11H8N3O4P/c12-11-9(5-15)10(13-6-14-11)7-1-3-8(4-2-7)18-19(16)17/h1-6H,(H2-,12,13,14,15,16,17)/p+1. The molecule has 19 heavy (non-hydrogen) atoms. The summed E-state index contributed by atoms with van der Waals surface area (Å²) in [5.41, 5.74) is 6.80. The summed E-state index contributed by atoms with van der Waals surface area (Å²) in [5, 5.41) is 0. The highest BCUT2D eigenvalue weighted by Gasteiger charge is 2.15. The number of nitrogen functional groups attached to an aromatic ring is 1. The van der Waals surface area contributed by atoms with Gasteiger partial charge < -0.3 is 5.73 Å². The van der Waals surface area contributed by atoms with Gasteiger partial charge in [0.05, 0.1) is 11.3 Å². The molecule has 0 bridgehead atoms. The molecule has 1 unspecified atom stereocenters. The molecule has 8 heteroatoms. The number of nitrogens with two attached hydrogens (primary N) is 1. The van der Waals surface area contributed by atoms with E-state index in [1.807, 2.05) is 0 Å². The van der Waals surface area contributed by atoms with Crippen molar-refractivity contribution in [2.24, 2.45) is 0 Å². The minimum Gasteiger partial charge on any atom is -0.383 e. The normalized spacial score (nSPS) is 10.9. The molecule has 1 aromatic carbocycles. The van der Waals surface area contributed by atoms with Gasteiger partial charge in [-0.1, -0.05) is 0 Å². The van der Waals surface area contributed by atoms with Crippen LogP contribution >= 0.6 is 8.25 Å². The highest BCUT2D eigenvalue weighted by Crippen LogP contribution is 2.27. The lowest BCUT2D eigenvalue weighted by molar-refractivity contribution is 0.112. The Bertz CT molecular complexity index is 630. The maximum absolute atomic E-state index is 11.0. The summed E-state index contributed by atoms with van der Waals surface area (Å²) in [7, 11) is -2.71. The molecule has 7 nitrogen and oxygen atoms in total. The van der Waals surface area contributed by atoms with Gasteiger partial charge in [-0.05, 0) is 24.3 Å². The summed E-state index contributed by atoms with van der Waals surface area (Å²) < 4.78 is 15.1. The Labute approximate surface area is 109 Å². The first kappa shape index (κ1) is 13.1. The van der Waals surface area contributed by atoms with Gasteiger partial charge in [0.25, 0.3) is 0 Å². The first-order valence-corrected chi connectivity index (χ1v) is 6.25. The van der Waals surface area contributed by atoms with Crippen LogP contribution in [0.3, 0.4) is 0 Å². The van der Waals surface area contributed by atoms with Crippen molar-refractivity contribution in [3.05, 3.63) is 36.2 Å². The number of carbonyl (C=O) groups is 1. The van der Waals surface area contributed by atoms with Crippen molar-refractivity contribution in [3.8, 4) is 17.0 Å². The van der Waals surface area contributed by atoms with Gasteiger partial charge in [-0.3, -0.25) is 4.79 Å². The maximum Gasteiger partial charge on any atom is 0.747 e. The van der Waals surface area contributed by atoms with Gasteiger partial charge in [0.15, 0.2) is 12.0 Å². The molecule has 2 aromatic rings. The van der Waals surface area contributed by atoms with Crippen LogP contribution in [0.1, 0.15) is 10.4 Å². The molecule has 1 aromatic heterocycles. The third-order valence-corrected chi connectivity index (χ3v) is 2.71. The van der Waals surface area contributed by atoms with E-state index < -0.39 is 8.25 Å². The van der Waals surface area contributed by atoms with Crippen molar-refractivity contribution >= 4 is 20.4 Å². The van der Waals surface area contributed by atoms with Crippen LogP contribution in [0, 0.1) is 0 Å². The number of nitrogens with zero attached hydrogens (tertiary/aromatic N) is 2. The second-order valence-electron chi connectivity index (χ2n) is 3.49. The van der Waals surface area contributed by atoms with E-state index in [-0.39, 0.29) is 17.1 Å². The first-order chi connectivity index (χ1) is 9.11. The van der Waals surface area contributed by atoms with Crippen molar-refractivity contribution < 1.29 is 18.8 Å². The number of rotatable bonds is 4. The van der Waals surface area contributed by atoms with Crippen molar-refractivity contribution in [1.82, 2.24) is 9.97 Å². The Balaban J connectivity index is 2.40. The lowest BCUT2D eigenvalue weighted by Crippen LogP contribution is -2.01. The zero-order valence-electron chi connectivity index (χ0n) is 9.56. The van der Waals surface area contributed by atoms with E-state index in [2.05, 4.69) is 14.5 Å². The lowest BCUT2D eigenvalue weighted by atomic mass is 10.1. The average molecular weight is 278 g/mol. The van der Waals surface area contributed by atoms with Crippen molar-refractivity contribution in [1.29, 1.82) is 0 Å². The number of hydrogen-bond acceptors (Lipinski definition) is 6. The van der Waals surface area contributed by atoms with E-state index in [4.69, 9.17) is 10.6 Å². The fourth-order valence-electron chi connectivity index (χ4n) is 1.52. The van der Waals surface area contributed by atoms with Gasteiger partial charge in [0.1, 0.15) is 12.1 Å². The third-order valence-electron chi connectivity index (χ3n) is 2.34. The van der Waals surface area contributed by atoms with Crippen LogP contribution in [-0.2, 0) is 4.57 Å². The van der Waals surface area contributed by atoms with Gasteiger partial charge in [0, 0.05) is 10.1 Å². The maximum atomic E-state index is 11.0. The molecule has 0 aliphatic carbocycles. The monoisotopic (exact) mass is 278 g/mol. The number of hydrogen-bond donors (Lipinski definition) is 2. The quantitative estimate of drug-likeness (QED) is 0.644. The average Bonchev–Trinajstić information content (AvgIpc) is 2.38. The first-order valence-electron chi connectivity index (χ1n) is 5.12. The van der Waals surface area contributed by atoms with Crippen LogP contribution < -0.4 is 10.3 Å². The second kappa shape index (κ2) is 5.51. The second-order valence-corrected chi connectivity index (χ2v) is 4.15. The predicted octanol–water partition coefficient (Wildman–Crippen LogP) is 1.57. The summed E-state index contributed by atoms with van der Waals surface area (Å²) in [6.45, 7) is 0. The molecule has 96 valence electrons. The van der Waals surface area contributed by atoms with E-state index in [1.54, 1.807) is 12.1 Å². The summed E-state index contributed by atoms with van der Waals surface area (Å²) >= 11 is 0. The van der Waals surface area contributed by atoms with Crippen LogP contribution in [0.4, 0.5) is 5.82 Å². The summed E-state index contributed by atoms with van der Waals surface area (Å²) in [5.74, 6) is 0.334. The van der Waals surface area contributed by atoms with Gasteiger partial charge in [-0.25, -0.2) is 14.5 Å². The molecule has 0 amide bonds. The van der Waals surface area contributed by atoms with Crippen molar-refractivity contribution in [2.45, 2.75) is 0 Å². The van der Waals surface area contributed by atoms with Crippen LogP contribution in [0.15, 0.2) is 30.6 Å². The van der Waals surface area contributed by atoms with Gasteiger partial charge >= 0.3 is 8.25 Å². The Morgan fingerprint density at radius 2 is 1.95 bits per heavy atom. The molecule has 1 atom stereocenters. The molecule has 0 radical (unpaired) electrons. The molecular formula is C11H9N3O4P+. The SMILES string of the molecule is Nc1ncnc(-c2ccc(O[P+](=O)O)cc2)c1C=O. The highest BCUT2D eigenvalue weighted by molar-refractivity contribution is 7.32. The molecule has 0 saturated heterocycles. The van der Waals surface area contributed by atoms with E-state index in [9.17, 15) is 9.36 Å². The molecule has 3 N–H and O–H groups in total. The summed E-state index contributed by atoms with van der Waals surface area (Å²) in [6, 6.07) is 6.18. The zero-order valence-corrected chi connectivity index (χ0v) is 10.4. The zero-order chi connectivity index (χ0) is 13.8. The van der Waals surface area contributed by atoms with Crippen molar-refractivity contribution in [2.75, 3.05) is 5.73 Å². The Hall–Kier alpha value is -2.37. The Morgan fingerprint density at radius 1 is 1.26 bits per heavy atom. The highest BCUT2D eigenvalue weighted by atomic mass is 31.1. The number of carbonyl (C=O) groups excluding carboxylic acids is 1.